The van der Waals surface area contributed by atoms with E-state index in [2.05, 4.69) is 27.4 Å². The Morgan fingerprint density at radius 2 is 2.38 bits per heavy atom. The fourth-order valence-corrected chi connectivity index (χ4v) is 3.37. The van der Waals surface area contributed by atoms with E-state index in [1.165, 1.54) is 30.0 Å². The van der Waals surface area contributed by atoms with Crippen LogP contribution in [0.4, 0.5) is 5.13 Å². The molecule has 0 saturated heterocycles. The Hall–Kier alpha value is -1.61. The molecule has 0 aliphatic rings. The van der Waals surface area contributed by atoms with E-state index >= 15 is 0 Å². The van der Waals surface area contributed by atoms with Crippen molar-refractivity contribution in [3.05, 3.63) is 21.6 Å². The Labute approximate surface area is 130 Å². The molecule has 0 saturated carbocycles. The van der Waals surface area contributed by atoms with Gasteiger partial charge in [0.1, 0.15) is 0 Å². The smallest absolute Gasteiger partial charge is 0.302 e. The lowest BCUT2D eigenvalue weighted by molar-refractivity contribution is -0.114. The molecule has 0 aromatic carbocycles. The average molecular weight is 327 g/mol. The summed E-state index contributed by atoms with van der Waals surface area (Å²) in [5.41, 5.74) is 0.675. The van der Waals surface area contributed by atoms with Crippen LogP contribution in [0.15, 0.2) is 15.3 Å². The lowest BCUT2D eigenvalue weighted by atomic mass is 10.3. The number of hydrogen-bond donors (Lipinski definition) is 2. The average Bonchev–Trinajstić information content (AvgIpc) is 3.01. The molecule has 114 valence electrons. The van der Waals surface area contributed by atoms with Crippen LogP contribution in [-0.4, -0.2) is 25.7 Å². The third kappa shape index (κ3) is 4.43. The highest BCUT2D eigenvalue weighted by molar-refractivity contribution is 7.98. The monoisotopic (exact) mass is 327 g/mol. The van der Waals surface area contributed by atoms with E-state index in [4.69, 9.17) is 0 Å². The number of thiazole rings is 1. The Morgan fingerprint density at radius 3 is 3.10 bits per heavy atom. The number of aromatic amines is 1. The number of rotatable bonds is 7. The first kappa shape index (κ1) is 15.8. The number of aromatic nitrogens is 4. The topological polar surface area (TPSA) is 92.7 Å². The summed E-state index contributed by atoms with van der Waals surface area (Å²) in [5.74, 6) is 0.469. The number of nitrogens with zero attached hydrogens (tertiary/aromatic N) is 3. The molecule has 1 amide bonds. The third-order valence-corrected chi connectivity index (χ3v) is 4.46. The molecule has 2 aromatic heterocycles. The number of nitrogens with one attached hydrogen (secondary N) is 2. The molecule has 0 spiro atoms. The molecule has 0 bridgehead atoms. The highest BCUT2D eigenvalue weighted by Crippen LogP contribution is 2.23. The molecule has 9 heteroatoms. The van der Waals surface area contributed by atoms with Gasteiger partial charge >= 0.3 is 5.69 Å². The molecule has 0 aliphatic heterocycles. The van der Waals surface area contributed by atoms with Gasteiger partial charge in [-0.25, -0.2) is 14.9 Å². The van der Waals surface area contributed by atoms with E-state index in [0.29, 0.717) is 22.6 Å². The summed E-state index contributed by atoms with van der Waals surface area (Å²) in [4.78, 5) is 26.9. The fraction of sp³-hybridized carbons (Fsp3) is 0.500. The molecule has 2 rings (SSSR count). The predicted molar refractivity (Wildman–Crippen MR) is 83.7 cm³/mol. The third-order valence-electron chi connectivity index (χ3n) is 2.64. The zero-order valence-corrected chi connectivity index (χ0v) is 13.5. The van der Waals surface area contributed by atoms with E-state index in [0.717, 1.165) is 18.5 Å². The Morgan fingerprint density at radius 1 is 1.57 bits per heavy atom. The maximum absolute atomic E-state index is 11.7. The van der Waals surface area contributed by atoms with Crippen molar-refractivity contribution in [2.24, 2.45) is 0 Å². The van der Waals surface area contributed by atoms with Gasteiger partial charge in [0.15, 0.2) is 10.3 Å². The lowest BCUT2D eigenvalue weighted by Gasteiger charge is -2.03. The molecule has 2 N–H and O–H groups in total. The number of unbranched alkanes of at least 4 members (excludes halogenated alkanes) is 1. The van der Waals surface area contributed by atoms with Gasteiger partial charge in [-0.3, -0.25) is 9.36 Å². The number of H-pyrrole nitrogens is 1. The van der Waals surface area contributed by atoms with Crippen molar-refractivity contribution in [2.45, 2.75) is 44.1 Å². The van der Waals surface area contributed by atoms with Crippen LogP contribution >= 0.6 is 23.1 Å². The number of amides is 1. The van der Waals surface area contributed by atoms with Gasteiger partial charge in [0, 0.05) is 24.6 Å². The van der Waals surface area contributed by atoms with Crippen LogP contribution in [0.5, 0.6) is 0 Å². The second-order valence-corrected chi connectivity index (χ2v) is 6.23. The van der Waals surface area contributed by atoms with Crippen LogP contribution < -0.4 is 11.0 Å². The van der Waals surface area contributed by atoms with E-state index in [1.54, 1.807) is 4.57 Å². The predicted octanol–water partition coefficient (Wildman–Crippen LogP) is 2.08. The molecule has 0 atom stereocenters. The van der Waals surface area contributed by atoms with Crippen LogP contribution in [0, 0.1) is 0 Å². The second-order valence-electron chi connectivity index (χ2n) is 4.43. The first-order valence-electron chi connectivity index (χ1n) is 6.60. The van der Waals surface area contributed by atoms with Crippen molar-refractivity contribution in [1.29, 1.82) is 0 Å². The summed E-state index contributed by atoms with van der Waals surface area (Å²) >= 11 is 2.84. The van der Waals surface area contributed by atoms with Gasteiger partial charge in [0.05, 0.1) is 5.69 Å². The fourth-order valence-electron chi connectivity index (χ4n) is 1.65. The molecule has 7 nitrogen and oxygen atoms in total. The van der Waals surface area contributed by atoms with E-state index in [9.17, 15) is 9.59 Å². The van der Waals surface area contributed by atoms with Crippen molar-refractivity contribution in [3.63, 3.8) is 0 Å². The largest absolute Gasteiger partial charge is 0.343 e. The Kier molecular flexibility index (Phi) is 5.57. The number of carbonyl (C=O) groups is 1. The van der Waals surface area contributed by atoms with E-state index in [1.807, 2.05) is 5.38 Å². The molecule has 0 unspecified atom stereocenters. The standard InChI is InChI=1S/C12H17N5O2S2/c1-3-4-5-17-11(19)15-16-12(17)21-7-9-6-20-10(14-9)13-8(2)18/h6H,3-5,7H2,1-2H3,(H,15,19)(H,13,14,18). The summed E-state index contributed by atoms with van der Waals surface area (Å²) in [6.07, 6.45) is 1.96. The zero-order valence-electron chi connectivity index (χ0n) is 11.9. The molecule has 0 aliphatic carbocycles. The van der Waals surface area contributed by atoms with Crippen LogP contribution in [0.25, 0.3) is 0 Å². The zero-order chi connectivity index (χ0) is 15.2. The van der Waals surface area contributed by atoms with Gasteiger partial charge in [-0.15, -0.1) is 16.4 Å². The summed E-state index contributed by atoms with van der Waals surface area (Å²) in [6, 6.07) is 0. The number of anilines is 1. The van der Waals surface area contributed by atoms with Crippen LogP contribution in [0.1, 0.15) is 32.4 Å². The highest BCUT2D eigenvalue weighted by Gasteiger charge is 2.10. The molecule has 21 heavy (non-hydrogen) atoms. The molecular formula is C12H17N5O2S2. The van der Waals surface area contributed by atoms with E-state index in [-0.39, 0.29) is 11.6 Å². The van der Waals surface area contributed by atoms with Crippen molar-refractivity contribution in [2.75, 3.05) is 5.32 Å². The van der Waals surface area contributed by atoms with Gasteiger partial charge in [0.2, 0.25) is 5.91 Å². The Balaban J connectivity index is 1.98. The quantitative estimate of drug-likeness (QED) is 0.760. The minimum Gasteiger partial charge on any atom is -0.302 e. The van der Waals surface area contributed by atoms with Gasteiger partial charge in [0.25, 0.3) is 0 Å². The minimum absolute atomic E-state index is 0.135. The number of carbonyl (C=O) groups excluding carboxylic acids is 1. The van der Waals surface area contributed by atoms with E-state index < -0.39 is 0 Å². The summed E-state index contributed by atoms with van der Waals surface area (Å²) in [5, 5.41) is 12.3. The van der Waals surface area contributed by atoms with Gasteiger partial charge in [-0.05, 0) is 6.42 Å². The van der Waals surface area contributed by atoms with Crippen molar-refractivity contribution < 1.29 is 4.79 Å². The summed E-state index contributed by atoms with van der Waals surface area (Å²) < 4.78 is 1.65. The van der Waals surface area contributed by atoms with Crippen LogP contribution in [0.3, 0.4) is 0 Å². The van der Waals surface area contributed by atoms with Gasteiger partial charge in [-0.2, -0.15) is 0 Å². The summed E-state index contributed by atoms with van der Waals surface area (Å²) in [7, 11) is 0. The number of hydrogen-bond acceptors (Lipinski definition) is 6. The normalized spacial score (nSPS) is 10.8. The minimum atomic E-state index is -0.178. The maximum atomic E-state index is 11.7. The molecule has 0 radical (unpaired) electrons. The molecule has 2 aromatic rings. The van der Waals surface area contributed by atoms with Gasteiger partial charge < -0.3 is 5.32 Å². The SMILES string of the molecule is CCCCn1c(SCc2csc(NC(C)=O)n2)n[nH]c1=O. The molecule has 2 heterocycles. The first-order valence-corrected chi connectivity index (χ1v) is 8.46. The Bertz CT molecular complexity index is 661. The van der Waals surface area contributed by atoms with Crippen LogP contribution in [-0.2, 0) is 17.1 Å². The number of thioether (sulfide) groups is 1. The maximum Gasteiger partial charge on any atom is 0.343 e. The van der Waals surface area contributed by atoms with Crippen LogP contribution in [0.2, 0.25) is 0 Å². The van der Waals surface area contributed by atoms with Crippen molar-refractivity contribution >= 4 is 34.1 Å². The van der Waals surface area contributed by atoms with Gasteiger partial charge in [-0.1, -0.05) is 25.1 Å². The van der Waals surface area contributed by atoms with Crippen molar-refractivity contribution in [3.8, 4) is 0 Å². The second kappa shape index (κ2) is 7.41. The molecule has 0 fully saturated rings. The highest BCUT2D eigenvalue weighted by atomic mass is 32.2. The summed E-state index contributed by atoms with van der Waals surface area (Å²) in [6.45, 7) is 4.20. The van der Waals surface area contributed by atoms with Crippen molar-refractivity contribution in [1.82, 2.24) is 19.7 Å². The molecular weight excluding hydrogens is 310 g/mol. The first-order chi connectivity index (χ1) is 10.1. The lowest BCUT2D eigenvalue weighted by Crippen LogP contribution is -2.17.